The largest absolute Gasteiger partial charge is 0.492 e. The number of hydrogen-bond acceptors (Lipinski definition) is 3. The van der Waals surface area contributed by atoms with Gasteiger partial charge in [0, 0.05) is 13.6 Å². The van der Waals surface area contributed by atoms with E-state index in [1.54, 1.807) is 0 Å². The fourth-order valence-corrected chi connectivity index (χ4v) is 3.04. The number of halogens is 1. The molecule has 0 unspecified atom stereocenters. The first-order valence-electron chi connectivity index (χ1n) is 6.84. The van der Waals surface area contributed by atoms with E-state index >= 15 is 0 Å². The molecule has 2 aromatic carbocycles. The van der Waals surface area contributed by atoms with Gasteiger partial charge in [-0.15, -0.1) is 0 Å². The molecule has 0 aliphatic heterocycles. The van der Waals surface area contributed by atoms with Crippen LogP contribution in [0.1, 0.15) is 5.56 Å². The third-order valence-electron chi connectivity index (χ3n) is 3.16. The van der Waals surface area contributed by atoms with Gasteiger partial charge >= 0.3 is 0 Å². The first-order valence-corrected chi connectivity index (χ1v) is 8.44. The number of benzene rings is 2. The lowest BCUT2D eigenvalue weighted by Crippen LogP contribution is -2.32. The molecule has 6 heteroatoms. The van der Waals surface area contributed by atoms with Crippen molar-refractivity contribution in [3.8, 4) is 5.75 Å². The second-order valence-electron chi connectivity index (χ2n) is 4.87. The molecule has 0 amide bonds. The molecule has 0 spiro atoms. The molecular weight excluding hydrogens is 305 g/mol. The van der Waals surface area contributed by atoms with E-state index in [0.717, 1.165) is 0 Å². The maximum absolute atomic E-state index is 12.8. The van der Waals surface area contributed by atoms with Crippen LogP contribution in [0, 0.1) is 5.82 Å². The van der Waals surface area contributed by atoms with Crippen LogP contribution in [0.5, 0.6) is 5.75 Å². The Hall–Kier alpha value is -1.92. The molecule has 4 nitrogen and oxygen atoms in total. The van der Waals surface area contributed by atoms with Crippen molar-refractivity contribution in [2.24, 2.45) is 0 Å². The van der Waals surface area contributed by atoms with E-state index in [2.05, 4.69) is 0 Å². The summed E-state index contributed by atoms with van der Waals surface area (Å²) in [6.45, 7) is 0.515. The van der Waals surface area contributed by atoms with Crippen molar-refractivity contribution < 1.29 is 17.5 Å². The fourth-order valence-electron chi connectivity index (χ4n) is 1.85. The van der Waals surface area contributed by atoms with Crippen LogP contribution in [0.4, 0.5) is 4.39 Å². The van der Waals surface area contributed by atoms with Gasteiger partial charge in [-0.2, -0.15) is 0 Å². The standard InChI is InChI=1S/C16H18FNO3S/c1-18(11-12-21-16-5-3-2-4-6-16)22(19,20)13-14-7-9-15(17)10-8-14/h2-10H,11-13H2,1H3. The van der Waals surface area contributed by atoms with Gasteiger partial charge in [-0.1, -0.05) is 30.3 Å². The van der Waals surface area contributed by atoms with Gasteiger partial charge in [0.05, 0.1) is 5.75 Å². The molecule has 0 aromatic heterocycles. The Morgan fingerprint density at radius 2 is 1.68 bits per heavy atom. The second kappa shape index (κ2) is 7.38. The lowest BCUT2D eigenvalue weighted by molar-refractivity contribution is 0.287. The lowest BCUT2D eigenvalue weighted by Gasteiger charge is -2.17. The summed E-state index contributed by atoms with van der Waals surface area (Å²) in [5.74, 6) is 0.160. The summed E-state index contributed by atoms with van der Waals surface area (Å²) in [5.41, 5.74) is 0.553. The van der Waals surface area contributed by atoms with E-state index < -0.39 is 10.0 Å². The monoisotopic (exact) mass is 323 g/mol. The molecule has 0 heterocycles. The second-order valence-corrected chi connectivity index (χ2v) is 6.94. The molecule has 22 heavy (non-hydrogen) atoms. The molecule has 2 rings (SSSR count). The first kappa shape index (κ1) is 16.5. The Morgan fingerprint density at radius 3 is 2.32 bits per heavy atom. The highest BCUT2D eigenvalue weighted by atomic mass is 32.2. The van der Waals surface area contributed by atoms with Gasteiger partial charge in [0.2, 0.25) is 10.0 Å². The molecule has 0 N–H and O–H groups in total. The van der Waals surface area contributed by atoms with E-state index in [1.807, 2.05) is 30.3 Å². The van der Waals surface area contributed by atoms with Gasteiger partial charge in [-0.05, 0) is 29.8 Å². The van der Waals surface area contributed by atoms with E-state index in [1.165, 1.54) is 35.6 Å². The molecule has 0 saturated heterocycles. The predicted octanol–water partition coefficient (Wildman–Crippen LogP) is 2.67. The van der Waals surface area contributed by atoms with Gasteiger partial charge in [0.25, 0.3) is 0 Å². The fraction of sp³-hybridized carbons (Fsp3) is 0.250. The van der Waals surface area contributed by atoms with Crippen LogP contribution < -0.4 is 4.74 Å². The minimum atomic E-state index is -3.45. The van der Waals surface area contributed by atoms with E-state index in [-0.39, 0.29) is 24.7 Å². The van der Waals surface area contributed by atoms with Crippen molar-refractivity contribution in [3.05, 3.63) is 66.0 Å². The van der Waals surface area contributed by atoms with Crippen LogP contribution in [-0.4, -0.2) is 32.9 Å². The summed E-state index contributed by atoms with van der Waals surface area (Å²) < 4.78 is 44.0. The average Bonchev–Trinajstić information content (AvgIpc) is 2.50. The van der Waals surface area contributed by atoms with Crippen molar-refractivity contribution >= 4 is 10.0 Å². The Bertz CT molecular complexity index is 687. The van der Waals surface area contributed by atoms with Crippen molar-refractivity contribution in [2.45, 2.75) is 5.75 Å². The lowest BCUT2D eigenvalue weighted by atomic mass is 10.2. The van der Waals surface area contributed by atoms with Crippen molar-refractivity contribution in [1.82, 2.24) is 4.31 Å². The third kappa shape index (κ3) is 4.82. The van der Waals surface area contributed by atoms with Gasteiger partial charge in [-0.25, -0.2) is 17.1 Å². The van der Waals surface area contributed by atoms with Crippen LogP contribution in [0.2, 0.25) is 0 Å². The smallest absolute Gasteiger partial charge is 0.218 e. The molecule has 118 valence electrons. The highest BCUT2D eigenvalue weighted by Gasteiger charge is 2.18. The number of para-hydroxylation sites is 1. The highest BCUT2D eigenvalue weighted by Crippen LogP contribution is 2.11. The molecule has 0 radical (unpaired) electrons. The number of ether oxygens (including phenoxy) is 1. The van der Waals surface area contributed by atoms with Crippen LogP contribution in [0.3, 0.4) is 0 Å². The minimum absolute atomic E-state index is 0.158. The maximum Gasteiger partial charge on any atom is 0.218 e. The number of hydrogen-bond donors (Lipinski definition) is 0. The highest BCUT2D eigenvalue weighted by molar-refractivity contribution is 7.88. The SMILES string of the molecule is CN(CCOc1ccccc1)S(=O)(=O)Cc1ccc(F)cc1. The third-order valence-corrected chi connectivity index (χ3v) is 4.99. The molecule has 0 aliphatic rings. The van der Waals surface area contributed by atoms with Gasteiger partial charge in [0.15, 0.2) is 0 Å². The molecule has 0 saturated carbocycles. The number of nitrogens with zero attached hydrogens (tertiary/aromatic N) is 1. The molecule has 0 fully saturated rings. The van der Waals surface area contributed by atoms with E-state index in [0.29, 0.717) is 11.3 Å². The summed E-state index contributed by atoms with van der Waals surface area (Å²) >= 11 is 0. The Kier molecular flexibility index (Phi) is 5.51. The van der Waals surface area contributed by atoms with Gasteiger partial charge in [0.1, 0.15) is 18.2 Å². The van der Waals surface area contributed by atoms with Crippen molar-refractivity contribution in [2.75, 3.05) is 20.2 Å². The van der Waals surface area contributed by atoms with Gasteiger partial charge in [-0.3, -0.25) is 0 Å². The topological polar surface area (TPSA) is 46.6 Å². The Morgan fingerprint density at radius 1 is 1.05 bits per heavy atom. The van der Waals surface area contributed by atoms with Crippen molar-refractivity contribution in [3.63, 3.8) is 0 Å². The van der Waals surface area contributed by atoms with Crippen LogP contribution in [-0.2, 0) is 15.8 Å². The Labute approximate surface area is 130 Å². The quantitative estimate of drug-likeness (QED) is 0.787. The number of likely N-dealkylation sites (N-methyl/N-ethyl adjacent to an activating group) is 1. The molecule has 0 atom stereocenters. The minimum Gasteiger partial charge on any atom is -0.492 e. The molecule has 0 aliphatic carbocycles. The molecule has 0 bridgehead atoms. The van der Waals surface area contributed by atoms with E-state index in [9.17, 15) is 12.8 Å². The van der Waals surface area contributed by atoms with Gasteiger partial charge < -0.3 is 4.74 Å². The van der Waals surface area contributed by atoms with Crippen molar-refractivity contribution in [1.29, 1.82) is 0 Å². The zero-order valence-electron chi connectivity index (χ0n) is 12.3. The normalized spacial score (nSPS) is 11.6. The molecular formula is C16H18FNO3S. The number of sulfonamides is 1. The average molecular weight is 323 g/mol. The summed E-state index contributed by atoms with van der Waals surface area (Å²) in [6.07, 6.45) is 0. The molecule has 2 aromatic rings. The van der Waals surface area contributed by atoms with Crippen LogP contribution in [0.25, 0.3) is 0 Å². The predicted molar refractivity (Wildman–Crippen MR) is 83.6 cm³/mol. The summed E-state index contributed by atoms with van der Waals surface area (Å²) in [7, 11) is -1.94. The zero-order chi connectivity index (χ0) is 16.0. The zero-order valence-corrected chi connectivity index (χ0v) is 13.1. The Balaban J connectivity index is 1.87. The summed E-state index contributed by atoms with van der Waals surface area (Å²) in [5, 5.41) is 0. The van der Waals surface area contributed by atoms with Crippen LogP contribution >= 0.6 is 0 Å². The van der Waals surface area contributed by atoms with Crippen LogP contribution in [0.15, 0.2) is 54.6 Å². The maximum atomic E-state index is 12.8. The first-order chi connectivity index (χ1) is 10.5. The summed E-state index contributed by atoms with van der Waals surface area (Å²) in [4.78, 5) is 0. The summed E-state index contributed by atoms with van der Waals surface area (Å²) in [6, 6.07) is 14.7. The number of rotatable bonds is 7. The van der Waals surface area contributed by atoms with E-state index in [4.69, 9.17) is 4.74 Å².